The van der Waals surface area contributed by atoms with Gasteiger partial charge in [-0.3, -0.25) is 9.88 Å². The van der Waals surface area contributed by atoms with Crippen molar-refractivity contribution in [2.24, 2.45) is 0 Å². The van der Waals surface area contributed by atoms with Gasteiger partial charge in [-0.05, 0) is 12.1 Å². The molecule has 3 nitrogen and oxygen atoms in total. The zero-order chi connectivity index (χ0) is 12.9. The second-order valence-electron chi connectivity index (χ2n) is 4.63. The van der Waals surface area contributed by atoms with Gasteiger partial charge in [-0.25, -0.2) is 0 Å². The molecule has 19 heavy (non-hydrogen) atoms. The van der Waals surface area contributed by atoms with Gasteiger partial charge >= 0.3 is 0 Å². The van der Waals surface area contributed by atoms with E-state index < -0.39 is 0 Å². The molecular weight excluding hydrogens is 256 g/mol. The maximum atomic E-state index is 5.36. The lowest BCUT2D eigenvalue weighted by Gasteiger charge is -2.26. The van der Waals surface area contributed by atoms with Gasteiger partial charge in [-0.15, -0.1) is 11.8 Å². The van der Waals surface area contributed by atoms with Crippen LogP contribution in [-0.4, -0.2) is 48.5 Å². The molecule has 1 aromatic heterocycles. The summed E-state index contributed by atoms with van der Waals surface area (Å²) in [6.07, 6.45) is 1.87. The van der Waals surface area contributed by atoms with E-state index in [0.29, 0.717) is 0 Å². The van der Waals surface area contributed by atoms with Crippen molar-refractivity contribution in [3.05, 3.63) is 36.5 Å². The minimum Gasteiger partial charge on any atom is -0.379 e. The Hall–Kier alpha value is -1.10. The molecule has 0 bridgehead atoms. The van der Waals surface area contributed by atoms with Gasteiger partial charge in [0.15, 0.2) is 0 Å². The van der Waals surface area contributed by atoms with Gasteiger partial charge in [0, 0.05) is 41.9 Å². The number of nitrogens with zero attached hydrogens (tertiary/aromatic N) is 2. The molecule has 1 aliphatic rings. The molecule has 0 spiro atoms. The summed E-state index contributed by atoms with van der Waals surface area (Å²) in [4.78, 5) is 8.24. The highest BCUT2D eigenvalue weighted by atomic mass is 32.2. The van der Waals surface area contributed by atoms with E-state index in [-0.39, 0.29) is 0 Å². The van der Waals surface area contributed by atoms with E-state index in [0.717, 1.165) is 44.1 Å². The highest BCUT2D eigenvalue weighted by Gasteiger charge is 2.10. The number of hydrogen-bond donors (Lipinski definition) is 0. The number of rotatable bonds is 4. The first-order chi connectivity index (χ1) is 9.43. The molecule has 1 saturated heterocycles. The Morgan fingerprint density at radius 1 is 1.16 bits per heavy atom. The summed E-state index contributed by atoms with van der Waals surface area (Å²) >= 11 is 1.90. The van der Waals surface area contributed by atoms with Gasteiger partial charge < -0.3 is 4.74 Å². The Labute approximate surface area is 118 Å². The molecule has 0 atom stereocenters. The molecule has 1 aromatic carbocycles. The Bertz CT molecular complexity index is 535. The summed E-state index contributed by atoms with van der Waals surface area (Å²) in [5.41, 5.74) is 1.12. The minimum absolute atomic E-state index is 0.875. The molecule has 3 rings (SSSR count). The number of hydrogen-bond acceptors (Lipinski definition) is 4. The summed E-state index contributed by atoms with van der Waals surface area (Å²) in [7, 11) is 0. The van der Waals surface area contributed by atoms with E-state index in [9.17, 15) is 0 Å². The molecule has 0 N–H and O–H groups in total. The number of para-hydroxylation sites is 1. The van der Waals surface area contributed by atoms with E-state index in [2.05, 4.69) is 34.1 Å². The van der Waals surface area contributed by atoms with Gasteiger partial charge in [0.25, 0.3) is 0 Å². The van der Waals surface area contributed by atoms with Crippen molar-refractivity contribution in [1.82, 2.24) is 9.88 Å². The number of benzene rings is 1. The van der Waals surface area contributed by atoms with Crippen molar-refractivity contribution >= 4 is 22.7 Å². The van der Waals surface area contributed by atoms with Crippen LogP contribution >= 0.6 is 11.8 Å². The Kier molecular flexibility index (Phi) is 4.33. The summed E-state index contributed by atoms with van der Waals surface area (Å²) in [6.45, 7) is 5.00. The summed E-state index contributed by atoms with van der Waals surface area (Å²) < 4.78 is 5.36. The molecule has 0 radical (unpaired) electrons. The SMILES string of the molecule is c1cnc2c(SCCN3CCOCC3)cccc2c1. The second kappa shape index (κ2) is 6.37. The van der Waals surface area contributed by atoms with Gasteiger partial charge in [-0.2, -0.15) is 0 Å². The van der Waals surface area contributed by atoms with Crippen LogP contribution in [0, 0.1) is 0 Å². The van der Waals surface area contributed by atoms with E-state index in [1.54, 1.807) is 0 Å². The van der Waals surface area contributed by atoms with Gasteiger partial charge in [0.05, 0.1) is 18.7 Å². The standard InChI is InChI=1S/C15H18N2OS/c1-3-13-4-2-6-16-15(13)14(5-1)19-12-9-17-7-10-18-11-8-17/h1-6H,7-12H2. The van der Waals surface area contributed by atoms with Crippen LogP contribution in [0.5, 0.6) is 0 Å². The van der Waals surface area contributed by atoms with Gasteiger partial charge in [0.1, 0.15) is 0 Å². The predicted octanol–water partition coefficient (Wildman–Crippen LogP) is 2.66. The topological polar surface area (TPSA) is 25.4 Å². The van der Waals surface area contributed by atoms with Crippen LogP contribution in [0.25, 0.3) is 10.9 Å². The Morgan fingerprint density at radius 2 is 2.00 bits per heavy atom. The third-order valence-corrected chi connectivity index (χ3v) is 4.39. The first kappa shape index (κ1) is 12.9. The van der Waals surface area contributed by atoms with Gasteiger partial charge in [0.2, 0.25) is 0 Å². The quantitative estimate of drug-likeness (QED) is 0.800. The molecule has 2 aromatic rings. The fraction of sp³-hybridized carbons (Fsp3) is 0.400. The van der Waals surface area contributed by atoms with E-state index >= 15 is 0 Å². The molecule has 2 heterocycles. The average molecular weight is 274 g/mol. The lowest BCUT2D eigenvalue weighted by molar-refractivity contribution is 0.0410. The van der Waals surface area contributed by atoms with Crippen molar-refractivity contribution in [3.8, 4) is 0 Å². The van der Waals surface area contributed by atoms with E-state index in [1.165, 1.54) is 10.3 Å². The lowest BCUT2D eigenvalue weighted by Crippen LogP contribution is -2.37. The molecule has 0 aliphatic carbocycles. The highest BCUT2D eigenvalue weighted by Crippen LogP contribution is 2.25. The van der Waals surface area contributed by atoms with Crippen molar-refractivity contribution in [3.63, 3.8) is 0 Å². The Morgan fingerprint density at radius 3 is 2.89 bits per heavy atom. The zero-order valence-electron chi connectivity index (χ0n) is 10.9. The van der Waals surface area contributed by atoms with Crippen LogP contribution in [0.2, 0.25) is 0 Å². The largest absolute Gasteiger partial charge is 0.379 e. The number of ether oxygens (including phenoxy) is 1. The molecule has 0 amide bonds. The van der Waals surface area contributed by atoms with Crippen LogP contribution in [-0.2, 0) is 4.74 Å². The van der Waals surface area contributed by atoms with Crippen LogP contribution in [0.1, 0.15) is 0 Å². The highest BCUT2D eigenvalue weighted by molar-refractivity contribution is 7.99. The fourth-order valence-electron chi connectivity index (χ4n) is 2.30. The molecule has 0 saturated carbocycles. The second-order valence-corrected chi connectivity index (χ2v) is 5.77. The molecular formula is C15H18N2OS. The predicted molar refractivity (Wildman–Crippen MR) is 79.7 cm³/mol. The number of aromatic nitrogens is 1. The van der Waals surface area contributed by atoms with E-state index in [1.807, 2.05) is 24.0 Å². The fourth-order valence-corrected chi connectivity index (χ4v) is 3.35. The van der Waals surface area contributed by atoms with Gasteiger partial charge in [-0.1, -0.05) is 18.2 Å². The molecule has 100 valence electrons. The van der Waals surface area contributed by atoms with Crippen molar-refractivity contribution in [2.45, 2.75) is 4.90 Å². The number of morpholine rings is 1. The maximum absolute atomic E-state index is 5.36. The molecule has 4 heteroatoms. The molecule has 1 aliphatic heterocycles. The monoisotopic (exact) mass is 274 g/mol. The van der Waals surface area contributed by atoms with Crippen molar-refractivity contribution < 1.29 is 4.74 Å². The van der Waals surface area contributed by atoms with Crippen molar-refractivity contribution in [1.29, 1.82) is 0 Å². The smallest absolute Gasteiger partial charge is 0.0837 e. The van der Waals surface area contributed by atoms with E-state index in [4.69, 9.17) is 4.74 Å². The van der Waals surface area contributed by atoms with Crippen LogP contribution < -0.4 is 0 Å². The summed E-state index contributed by atoms with van der Waals surface area (Å²) in [5.74, 6) is 1.11. The first-order valence-electron chi connectivity index (χ1n) is 6.70. The minimum atomic E-state index is 0.875. The summed E-state index contributed by atoms with van der Waals surface area (Å²) in [6, 6.07) is 10.5. The maximum Gasteiger partial charge on any atom is 0.0837 e. The van der Waals surface area contributed by atoms with Crippen LogP contribution in [0.15, 0.2) is 41.4 Å². The first-order valence-corrected chi connectivity index (χ1v) is 7.69. The third-order valence-electron chi connectivity index (χ3n) is 3.36. The normalized spacial score (nSPS) is 16.8. The number of thioether (sulfide) groups is 1. The third kappa shape index (κ3) is 3.26. The Balaban J connectivity index is 1.62. The van der Waals surface area contributed by atoms with Crippen LogP contribution in [0.4, 0.5) is 0 Å². The van der Waals surface area contributed by atoms with Crippen LogP contribution in [0.3, 0.4) is 0 Å². The lowest BCUT2D eigenvalue weighted by atomic mass is 10.2. The number of pyridine rings is 1. The number of fused-ring (bicyclic) bond motifs is 1. The van der Waals surface area contributed by atoms with Crippen molar-refractivity contribution in [2.75, 3.05) is 38.6 Å². The zero-order valence-corrected chi connectivity index (χ0v) is 11.7. The average Bonchev–Trinajstić information content (AvgIpc) is 2.49. The molecule has 0 unspecified atom stereocenters. The summed E-state index contributed by atoms with van der Waals surface area (Å²) in [5, 5.41) is 1.22. The molecule has 1 fully saturated rings.